The summed E-state index contributed by atoms with van der Waals surface area (Å²) in [5.74, 6) is 0.548. The highest BCUT2D eigenvalue weighted by Crippen LogP contribution is 2.26. The Morgan fingerprint density at radius 1 is 1.25 bits per heavy atom. The van der Waals surface area contributed by atoms with E-state index in [9.17, 15) is 8.42 Å². The Morgan fingerprint density at radius 2 is 1.95 bits per heavy atom. The number of anilines is 1. The van der Waals surface area contributed by atoms with Crippen molar-refractivity contribution in [2.75, 3.05) is 29.5 Å². The average Bonchev–Trinajstić information content (AvgIpc) is 3.21. The number of hydrogen-bond donors (Lipinski definition) is 1. The van der Waals surface area contributed by atoms with E-state index in [1.165, 1.54) is 29.7 Å². The second kappa shape index (κ2) is 5.37. The van der Waals surface area contributed by atoms with Crippen LogP contribution < -0.4 is 10.2 Å². The van der Waals surface area contributed by atoms with Crippen LogP contribution in [0.3, 0.4) is 0 Å². The highest BCUT2D eigenvalue weighted by atomic mass is 32.2. The number of rotatable bonds is 4. The molecule has 5 heteroatoms. The largest absolute Gasteiger partial charge is 0.369 e. The molecule has 1 aliphatic carbocycles. The first-order valence-electron chi connectivity index (χ1n) is 7.32. The van der Waals surface area contributed by atoms with E-state index in [0.29, 0.717) is 19.1 Å². The maximum atomic E-state index is 11.6. The van der Waals surface area contributed by atoms with Crippen LogP contribution in [0, 0.1) is 6.92 Å². The Balaban J connectivity index is 1.77. The summed E-state index contributed by atoms with van der Waals surface area (Å²) in [5, 5.41) is 3.55. The molecule has 1 aromatic rings. The summed E-state index contributed by atoms with van der Waals surface area (Å²) in [6, 6.07) is 7.15. The molecule has 1 aromatic carbocycles. The highest BCUT2D eigenvalue weighted by molar-refractivity contribution is 7.91. The van der Waals surface area contributed by atoms with E-state index in [1.807, 2.05) is 0 Å². The molecule has 0 bridgehead atoms. The number of aryl methyl sites for hydroxylation is 1. The van der Waals surface area contributed by atoms with Gasteiger partial charge in [-0.05, 0) is 31.4 Å². The molecular weight excluding hydrogens is 272 g/mol. The van der Waals surface area contributed by atoms with Crippen LogP contribution in [-0.2, 0) is 16.4 Å². The summed E-state index contributed by atoms with van der Waals surface area (Å²) >= 11 is 0. The van der Waals surface area contributed by atoms with E-state index < -0.39 is 9.84 Å². The van der Waals surface area contributed by atoms with E-state index in [4.69, 9.17) is 0 Å². The van der Waals surface area contributed by atoms with Crippen LogP contribution in [0.25, 0.3) is 0 Å². The van der Waals surface area contributed by atoms with Crippen LogP contribution in [-0.4, -0.2) is 39.1 Å². The molecular formula is C15H22N2O2S. The highest BCUT2D eigenvalue weighted by Gasteiger charge is 2.24. The predicted octanol–water partition coefficient (Wildman–Crippen LogP) is 1.48. The number of benzene rings is 1. The molecule has 20 heavy (non-hydrogen) atoms. The van der Waals surface area contributed by atoms with Crippen LogP contribution in [0.15, 0.2) is 18.2 Å². The fourth-order valence-electron chi connectivity index (χ4n) is 2.66. The lowest BCUT2D eigenvalue weighted by Gasteiger charge is -2.31. The summed E-state index contributed by atoms with van der Waals surface area (Å²) in [6.45, 7) is 4.21. The topological polar surface area (TPSA) is 49.4 Å². The molecule has 2 aliphatic rings. The van der Waals surface area contributed by atoms with Gasteiger partial charge in [0.1, 0.15) is 0 Å². The van der Waals surface area contributed by atoms with Crippen LogP contribution >= 0.6 is 0 Å². The first-order valence-corrected chi connectivity index (χ1v) is 9.14. The molecule has 0 aromatic heterocycles. The lowest BCUT2D eigenvalue weighted by atomic mass is 10.1. The number of nitrogens with zero attached hydrogens (tertiary/aromatic N) is 1. The molecule has 0 amide bonds. The number of nitrogens with one attached hydrogen (secondary N) is 1. The van der Waals surface area contributed by atoms with Gasteiger partial charge in [0.25, 0.3) is 0 Å². The van der Waals surface area contributed by atoms with Gasteiger partial charge in [-0.3, -0.25) is 0 Å². The smallest absolute Gasteiger partial charge is 0.153 e. The van der Waals surface area contributed by atoms with E-state index in [1.54, 1.807) is 0 Å². The quantitative estimate of drug-likeness (QED) is 0.914. The van der Waals surface area contributed by atoms with Crippen LogP contribution in [0.5, 0.6) is 0 Å². The van der Waals surface area contributed by atoms with E-state index in [0.717, 1.165) is 6.54 Å². The normalized spacial score (nSPS) is 21.9. The third-order valence-corrected chi connectivity index (χ3v) is 5.69. The molecule has 1 heterocycles. The summed E-state index contributed by atoms with van der Waals surface area (Å²) in [5.41, 5.74) is 3.74. The maximum Gasteiger partial charge on any atom is 0.153 e. The van der Waals surface area contributed by atoms with E-state index in [2.05, 4.69) is 35.3 Å². The second-order valence-corrected chi connectivity index (χ2v) is 8.23. The monoisotopic (exact) mass is 294 g/mol. The van der Waals surface area contributed by atoms with Gasteiger partial charge in [-0.25, -0.2) is 8.42 Å². The van der Waals surface area contributed by atoms with E-state index in [-0.39, 0.29) is 11.5 Å². The third-order valence-electron chi connectivity index (χ3n) is 4.08. The van der Waals surface area contributed by atoms with Gasteiger partial charge >= 0.3 is 0 Å². The molecule has 0 spiro atoms. The van der Waals surface area contributed by atoms with Crippen molar-refractivity contribution in [2.45, 2.75) is 32.4 Å². The van der Waals surface area contributed by atoms with Gasteiger partial charge < -0.3 is 10.2 Å². The summed E-state index contributed by atoms with van der Waals surface area (Å²) in [7, 11) is -2.82. The fourth-order valence-corrected chi connectivity index (χ4v) is 3.86. The molecule has 0 unspecified atom stereocenters. The van der Waals surface area contributed by atoms with Gasteiger partial charge in [-0.15, -0.1) is 0 Å². The molecule has 4 nitrogen and oxygen atoms in total. The van der Waals surface area contributed by atoms with Gasteiger partial charge in [-0.2, -0.15) is 0 Å². The molecule has 0 atom stereocenters. The zero-order chi connectivity index (χ0) is 14.2. The fraction of sp³-hybridized carbons (Fsp3) is 0.600. The Kier molecular flexibility index (Phi) is 3.73. The van der Waals surface area contributed by atoms with Gasteiger partial charge in [0.2, 0.25) is 0 Å². The molecule has 2 fully saturated rings. The minimum Gasteiger partial charge on any atom is -0.369 e. The predicted molar refractivity (Wildman–Crippen MR) is 81.9 cm³/mol. The summed E-state index contributed by atoms with van der Waals surface area (Å²) in [4.78, 5) is 2.21. The van der Waals surface area contributed by atoms with Crippen molar-refractivity contribution in [3.05, 3.63) is 29.3 Å². The van der Waals surface area contributed by atoms with Crippen molar-refractivity contribution in [3.63, 3.8) is 0 Å². The molecule has 1 saturated carbocycles. The van der Waals surface area contributed by atoms with Crippen molar-refractivity contribution >= 4 is 15.5 Å². The van der Waals surface area contributed by atoms with Gasteiger partial charge in [0.15, 0.2) is 9.84 Å². The minimum atomic E-state index is -2.82. The first-order chi connectivity index (χ1) is 9.53. The zero-order valence-corrected chi connectivity index (χ0v) is 12.7. The van der Waals surface area contributed by atoms with Crippen molar-refractivity contribution < 1.29 is 8.42 Å². The molecule has 1 aliphatic heterocycles. The first kappa shape index (κ1) is 13.9. The zero-order valence-electron chi connectivity index (χ0n) is 11.9. The summed E-state index contributed by atoms with van der Waals surface area (Å²) in [6.07, 6.45) is 2.56. The van der Waals surface area contributed by atoms with Gasteiger partial charge in [-0.1, -0.05) is 17.7 Å². The molecule has 3 rings (SSSR count). The van der Waals surface area contributed by atoms with Gasteiger partial charge in [0.05, 0.1) is 11.5 Å². The minimum absolute atomic E-state index is 0.274. The Hall–Kier alpha value is -1.07. The number of hydrogen-bond acceptors (Lipinski definition) is 4. The van der Waals surface area contributed by atoms with Crippen LogP contribution in [0.1, 0.15) is 24.0 Å². The maximum absolute atomic E-state index is 11.6. The Labute approximate surface area is 121 Å². The van der Waals surface area contributed by atoms with Crippen molar-refractivity contribution in [2.24, 2.45) is 0 Å². The SMILES string of the molecule is Cc1ccc(N2CCS(=O)(=O)CC2)c(CNC2CC2)c1. The third kappa shape index (κ3) is 3.33. The Bertz CT molecular complexity index is 580. The standard InChI is InChI=1S/C15H22N2O2S/c1-12-2-5-15(13(10-12)11-16-14-3-4-14)17-6-8-20(18,19)9-7-17/h2,5,10,14,16H,3-4,6-9,11H2,1H3. The summed E-state index contributed by atoms with van der Waals surface area (Å²) < 4.78 is 23.1. The molecule has 0 radical (unpaired) electrons. The lowest BCUT2D eigenvalue weighted by Crippen LogP contribution is -2.41. The molecule has 1 N–H and O–H groups in total. The van der Waals surface area contributed by atoms with Crippen molar-refractivity contribution in [3.8, 4) is 0 Å². The second-order valence-electron chi connectivity index (χ2n) is 5.93. The van der Waals surface area contributed by atoms with Crippen molar-refractivity contribution in [1.82, 2.24) is 5.32 Å². The van der Waals surface area contributed by atoms with Crippen molar-refractivity contribution in [1.29, 1.82) is 0 Å². The molecule has 110 valence electrons. The van der Waals surface area contributed by atoms with Crippen LogP contribution in [0.2, 0.25) is 0 Å². The molecule has 1 saturated heterocycles. The average molecular weight is 294 g/mol. The van der Waals surface area contributed by atoms with E-state index >= 15 is 0 Å². The Morgan fingerprint density at radius 3 is 2.60 bits per heavy atom. The van der Waals surface area contributed by atoms with Crippen LogP contribution in [0.4, 0.5) is 5.69 Å². The lowest BCUT2D eigenvalue weighted by molar-refractivity contribution is 0.586. The number of sulfone groups is 1. The van der Waals surface area contributed by atoms with Gasteiger partial charge in [0, 0.05) is 31.4 Å².